The zero-order valence-corrected chi connectivity index (χ0v) is 11.0. The lowest BCUT2D eigenvalue weighted by Gasteiger charge is -2.05. The number of aromatic nitrogens is 1. The molecule has 1 heterocycles. The third-order valence-electron chi connectivity index (χ3n) is 2.62. The van der Waals surface area contributed by atoms with E-state index in [2.05, 4.69) is 16.6 Å². The molecule has 0 unspecified atom stereocenters. The van der Waals surface area contributed by atoms with E-state index < -0.39 is 0 Å². The highest BCUT2D eigenvalue weighted by molar-refractivity contribution is 6.12. The minimum absolute atomic E-state index is 0.223. The minimum atomic E-state index is 0.223. The molecule has 0 aliphatic rings. The lowest BCUT2D eigenvalue weighted by molar-refractivity contribution is 1.25. The highest BCUT2D eigenvalue weighted by Gasteiger charge is 2.03. The van der Waals surface area contributed by atoms with Gasteiger partial charge in [0.15, 0.2) is 0 Å². The molecule has 0 saturated carbocycles. The number of nitrogens with two attached hydrogens (primary N) is 2. The fourth-order valence-corrected chi connectivity index (χ4v) is 1.71. The molecule has 2 rings (SSSR count). The predicted molar refractivity (Wildman–Crippen MR) is 82.7 cm³/mol. The third kappa shape index (κ3) is 3.55. The second-order valence-electron chi connectivity index (χ2n) is 4.20. The van der Waals surface area contributed by atoms with E-state index in [9.17, 15) is 0 Å². The Morgan fingerprint density at radius 2 is 1.75 bits per heavy atom. The van der Waals surface area contributed by atoms with E-state index in [1.165, 1.54) is 0 Å². The first-order valence-electron chi connectivity index (χ1n) is 6.13. The van der Waals surface area contributed by atoms with E-state index in [1.54, 1.807) is 18.5 Å². The Bertz CT molecular complexity index is 643. The van der Waals surface area contributed by atoms with Crippen LogP contribution in [0.4, 0.5) is 0 Å². The van der Waals surface area contributed by atoms with Crippen molar-refractivity contribution in [3.8, 4) is 0 Å². The SMILES string of the molecule is C=C(N)N=C(/C=C(\N)c1ccccc1)c1cccnc1. The van der Waals surface area contributed by atoms with E-state index in [0.717, 1.165) is 11.1 Å². The van der Waals surface area contributed by atoms with Gasteiger partial charge in [-0.1, -0.05) is 36.9 Å². The van der Waals surface area contributed by atoms with Gasteiger partial charge in [-0.25, -0.2) is 4.99 Å². The molecule has 100 valence electrons. The number of rotatable bonds is 4. The maximum Gasteiger partial charge on any atom is 0.116 e. The summed E-state index contributed by atoms with van der Waals surface area (Å²) in [5, 5.41) is 0. The molecule has 0 atom stereocenters. The molecule has 20 heavy (non-hydrogen) atoms. The van der Waals surface area contributed by atoms with E-state index in [1.807, 2.05) is 42.5 Å². The molecule has 0 radical (unpaired) electrons. The molecule has 4 heteroatoms. The van der Waals surface area contributed by atoms with Gasteiger partial charge in [-0.15, -0.1) is 0 Å². The number of benzene rings is 1. The molecule has 0 spiro atoms. The largest absolute Gasteiger partial charge is 0.398 e. The summed E-state index contributed by atoms with van der Waals surface area (Å²) in [5.41, 5.74) is 14.7. The quantitative estimate of drug-likeness (QED) is 0.832. The van der Waals surface area contributed by atoms with Crippen LogP contribution in [0.1, 0.15) is 11.1 Å². The number of nitrogens with zero attached hydrogens (tertiary/aromatic N) is 2. The summed E-state index contributed by atoms with van der Waals surface area (Å²) in [6, 6.07) is 13.4. The average Bonchev–Trinajstić information content (AvgIpc) is 2.48. The Morgan fingerprint density at radius 3 is 2.35 bits per heavy atom. The number of hydrogen-bond acceptors (Lipinski definition) is 4. The average molecular weight is 264 g/mol. The van der Waals surface area contributed by atoms with Crippen LogP contribution in [-0.2, 0) is 0 Å². The van der Waals surface area contributed by atoms with Gasteiger partial charge in [0.25, 0.3) is 0 Å². The highest BCUT2D eigenvalue weighted by Crippen LogP contribution is 2.11. The van der Waals surface area contributed by atoms with E-state index in [4.69, 9.17) is 11.5 Å². The van der Waals surface area contributed by atoms with Gasteiger partial charge < -0.3 is 11.5 Å². The topological polar surface area (TPSA) is 77.3 Å². The Hall–Kier alpha value is -2.88. The van der Waals surface area contributed by atoms with Crippen molar-refractivity contribution in [3.05, 3.63) is 84.5 Å². The van der Waals surface area contributed by atoms with Crippen molar-refractivity contribution in [2.75, 3.05) is 0 Å². The molecular weight excluding hydrogens is 248 g/mol. The second kappa shape index (κ2) is 6.33. The van der Waals surface area contributed by atoms with Crippen molar-refractivity contribution in [2.24, 2.45) is 16.5 Å². The smallest absolute Gasteiger partial charge is 0.116 e. The first kappa shape index (κ1) is 13.5. The van der Waals surface area contributed by atoms with Crippen molar-refractivity contribution >= 4 is 11.4 Å². The molecule has 4 N–H and O–H groups in total. The zero-order chi connectivity index (χ0) is 14.4. The molecule has 0 aliphatic heterocycles. The molecule has 1 aromatic heterocycles. The maximum atomic E-state index is 6.10. The molecule has 0 amide bonds. The summed E-state index contributed by atoms with van der Waals surface area (Å²) in [4.78, 5) is 8.29. The summed E-state index contributed by atoms with van der Waals surface area (Å²) in [7, 11) is 0. The maximum absolute atomic E-state index is 6.10. The second-order valence-corrected chi connectivity index (χ2v) is 4.20. The fourth-order valence-electron chi connectivity index (χ4n) is 1.71. The Labute approximate surface area is 118 Å². The summed E-state index contributed by atoms with van der Waals surface area (Å²) < 4.78 is 0. The van der Waals surface area contributed by atoms with Crippen LogP contribution in [0.25, 0.3) is 5.70 Å². The molecule has 0 saturated heterocycles. The normalized spacial score (nSPS) is 12.2. The summed E-state index contributed by atoms with van der Waals surface area (Å²) in [6.07, 6.45) is 5.17. The standard InChI is InChI=1S/C16H16N4/c1-12(17)20-16(14-8-5-9-19-11-14)10-15(18)13-6-3-2-4-7-13/h2-11H,1,17-18H2/b15-10-,20-16?. The van der Waals surface area contributed by atoms with Crippen LogP contribution in [-0.4, -0.2) is 10.7 Å². The van der Waals surface area contributed by atoms with Gasteiger partial charge in [-0.05, 0) is 23.8 Å². The monoisotopic (exact) mass is 264 g/mol. The third-order valence-corrected chi connectivity index (χ3v) is 2.62. The van der Waals surface area contributed by atoms with Gasteiger partial charge in [-0.3, -0.25) is 4.98 Å². The number of allylic oxidation sites excluding steroid dienone is 1. The summed E-state index contributed by atoms with van der Waals surface area (Å²) in [6.45, 7) is 3.60. The molecule has 4 nitrogen and oxygen atoms in total. The highest BCUT2D eigenvalue weighted by atomic mass is 14.9. The number of aliphatic imine (C=N–C) groups is 1. The van der Waals surface area contributed by atoms with Crippen molar-refractivity contribution in [2.45, 2.75) is 0 Å². The van der Waals surface area contributed by atoms with Crippen LogP contribution >= 0.6 is 0 Å². The van der Waals surface area contributed by atoms with Crippen LogP contribution in [0.5, 0.6) is 0 Å². The van der Waals surface area contributed by atoms with Crippen molar-refractivity contribution < 1.29 is 0 Å². The van der Waals surface area contributed by atoms with Crippen LogP contribution < -0.4 is 11.5 Å². The zero-order valence-electron chi connectivity index (χ0n) is 11.0. The van der Waals surface area contributed by atoms with Crippen LogP contribution in [0.2, 0.25) is 0 Å². The lowest BCUT2D eigenvalue weighted by Crippen LogP contribution is -2.06. The summed E-state index contributed by atoms with van der Waals surface area (Å²) in [5.74, 6) is 0.223. The minimum Gasteiger partial charge on any atom is -0.398 e. The van der Waals surface area contributed by atoms with E-state index >= 15 is 0 Å². The molecule has 0 bridgehead atoms. The first-order chi connectivity index (χ1) is 9.66. The molecular formula is C16H16N4. The van der Waals surface area contributed by atoms with Crippen molar-refractivity contribution in [1.29, 1.82) is 0 Å². The van der Waals surface area contributed by atoms with Crippen molar-refractivity contribution in [3.63, 3.8) is 0 Å². The van der Waals surface area contributed by atoms with Crippen LogP contribution in [0, 0.1) is 0 Å². The molecule has 0 fully saturated rings. The van der Waals surface area contributed by atoms with Gasteiger partial charge in [-0.2, -0.15) is 0 Å². The predicted octanol–water partition coefficient (Wildman–Crippen LogP) is 2.30. The number of pyridine rings is 1. The molecule has 0 aliphatic carbocycles. The molecule has 2 aromatic rings. The van der Waals surface area contributed by atoms with Gasteiger partial charge in [0.05, 0.1) is 5.71 Å². The fraction of sp³-hybridized carbons (Fsp3) is 0. The number of hydrogen-bond donors (Lipinski definition) is 2. The van der Waals surface area contributed by atoms with E-state index in [-0.39, 0.29) is 5.82 Å². The van der Waals surface area contributed by atoms with Gasteiger partial charge in [0.2, 0.25) is 0 Å². The Balaban J connectivity index is 2.42. The van der Waals surface area contributed by atoms with Crippen LogP contribution in [0.15, 0.2) is 78.3 Å². The lowest BCUT2D eigenvalue weighted by atomic mass is 10.1. The van der Waals surface area contributed by atoms with Gasteiger partial charge in [0, 0.05) is 23.7 Å². The summed E-state index contributed by atoms with van der Waals surface area (Å²) >= 11 is 0. The first-order valence-corrected chi connectivity index (χ1v) is 6.13. The van der Waals surface area contributed by atoms with Gasteiger partial charge in [0.1, 0.15) is 5.82 Å². The van der Waals surface area contributed by atoms with Crippen LogP contribution in [0.3, 0.4) is 0 Å². The van der Waals surface area contributed by atoms with E-state index in [0.29, 0.717) is 11.4 Å². The Kier molecular flexibility index (Phi) is 4.29. The Morgan fingerprint density at radius 1 is 1.05 bits per heavy atom. The van der Waals surface area contributed by atoms with Gasteiger partial charge >= 0.3 is 0 Å². The van der Waals surface area contributed by atoms with Crippen molar-refractivity contribution in [1.82, 2.24) is 4.98 Å². The molecule has 1 aromatic carbocycles.